The monoisotopic (exact) mass is 272 g/mol. The maximum atomic E-state index is 9.60. The minimum atomic E-state index is 0.184. The third-order valence-electron chi connectivity index (χ3n) is 2.79. The minimum absolute atomic E-state index is 0.184. The maximum absolute atomic E-state index is 9.60. The molecule has 2 heterocycles. The summed E-state index contributed by atoms with van der Waals surface area (Å²) in [6, 6.07) is 11.8. The molecule has 0 saturated carbocycles. The van der Waals surface area contributed by atoms with Crippen molar-refractivity contribution >= 4 is 11.3 Å². The zero-order valence-electron chi connectivity index (χ0n) is 10.1. The van der Waals surface area contributed by atoms with Crippen molar-refractivity contribution in [3.8, 4) is 16.5 Å². The summed E-state index contributed by atoms with van der Waals surface area (Å²) in [6.07, 6.45) is 1.59. The Balaban J connectivity index is 1.71. The summed E-state index contributed by atoms with van der Waals surface area (Å²) in [4.78, 5) is 4.92. The summed E-state index contributed by atoms with van der Waals surface area (Å²) in [7, 11) is 0. The number of hydrogen-bond donors (Lipinski definition) is 1. The Labute approximate surface area is 114 Å². The molecule has 0 atom stereocenters. The van der Waals surface area contributed by atoms with Crippen LogP contribution in [0.4, 0.5) is 0 Å². The van der Waals surface area contributed by atoms with Crippen molar-refractivity contribution in [3.05, 3.63) is 53.2 Å². The number of nitrogens with zero attached hydrogens (tertiary/aromatic N) is 2. The lowest BCUT2D eigenvalue weighted by atomic mass is 10.1. The summed E-state index contributed by atoms with van der Waals surface area (Å²) < 4.78 is 5.17. The van der Waals surface area contributed by atoms with Gasteiger partial charge in [-0.2, -0.15) is 4.98 Å². The molecule has 5 heteroatoms. The number of aromatic hydroxyl groups is 1. The molecule has 2 aromatic heterocycles. The third kappa shape index (κ3) is 2.66. The van der Waals surface area contributed by atoms with Crippen LogP contribution < -0.4 is 0 Å². The third-order valence-corrected chi connectivity index (χ3v) is 3.68. The van der Waals surface area contributed by atoms with Gasteiger partial charge >= 0.3 is 0 Å². The van der Waals surface area contributed by atoms with Crippen molar-refractivity contribution in [1.29, 1.82) is 0 Å². The Kier molecular flexibility index (Phi) is 3.29. The van der Waals surface area contributed by atoms with Crippen LogP contribution in [0, 0.1) is 0 Å². The predicted octanol–water partition coefficient (Wildman–Crippen LogP) is 3.29. The molecular weight excluding hydrogens is 260 g/mol. The fourth-order valence-electron chi connectivity index (χ4n) is 1.81. The normalized spacial score (nSPS) is 10.7. The molecule has 0 fully saturated rings. The van der Waals surface area contributed by atoms with E-state index in [-0.39, 0.29) is 5.75 Å². The van der Waals surface area contributed by atoms with Gasteiger partial charge in [0.05, 0.1) is 0 Å². The molecule has 19 heavy (non-hydrogen) atoms. The van der Waals surface area contributed by atoms with E-state index in [1.165, 1.54) is 16.9 Å². The average molecular weight is 272 g/mol. The number of hydrogen-bond acceptors (Lipinski definition) is 5. The van der Waals surface area contributed by atoms with Gasteiger partial charge < -0.3 is 9.63 Å². The second-order valence-electron chi connectivity index (χ2n) is 4.14. The van der Waals surface area contributed by atoms with Crippen molar-refractivity contribution in [3.63, 3.8) is 0 Å². The maximum Gasteiger partial charge on any atom is 0.271 e. The molecule has 0 radical (unpaired) electrons. The first kappa shape index (κ1) is 11.9. The highest BCUT2D eigenvalue weighted by molar-refractivity contribution is 7.13. The van der Waals surface area contributed by atoms with Crippen LogP contribution in [-0.2, 0) is 12.8 Å². The molecule has 0 saturated heterocycles. The van der Waals surface area contributed by atoms with Gasteiger partial charge in [-0.05, 0) is 23.4 Å². The van der Waals surface area contributed by atoms with Crippen molar-refractivity contribution in [1.82, 2.24) is 10.1 Å². The molecule has 96 valence electrons. The van der Waals surface area contributed by atoms with E-state index in [1.54, 1.807) is 11.4 Å². The van der Waals surface area contributed by atoms with Crippen molar-refractivity contribution in [2.75, 3.05) is 0 Å². The second-order valence-corrected chi connectivity index (χ2v) is 5.05. The summed E-state index contributed by atoms with van der Waals surface area (Å²) in [5.41, 5.74) is 1.24. The number of aryl methyl sites for hydroxylation is 2. The van der Waals surface area contributed by atoms with Crippen LogP contribution in [-0.4, -0.2) is 15.2 Å². The zero-order chi connectivity index (χ0) is 13.1. The van der Waals surface area contributed by atoms with E-state index in [2.05, 4.69) is 22.3 Å². The molecule has 3 aromatic rings. The van der Waals surface area contributed by atoms with Gasteiger partial charge in [0.1, 0.15) is 10.6 Å². The first-order chi connectivity index (χ1) is 9.33. The van der Waals surface area contributed by atoms with E-state index in [9.17, 15) is 5.11 Å². The average Bonchev–Trinajstić information content (AvgIpc) is 3.06. The van der Waals surface area contributed by atoms with Crippen molar-refractivity contribution in [2.24, 2.45) is 0 Å². The highest BCUT2D eigenvalue weighted by Crippen LogP contribution is 2.33. The number of benzene rings is 1. The largest absolute Gasteiger partial charge is 0.506 e. The molecule has 0 aliphatic carbocycles. The number of thiophene rings is 1. The predicted molar refractivity (Wildman–Crippen MR) is 73.1 cm³/mol. The molecule has 4 nitrogen and oxygen atoms in total. The van der Waals surface area contributed by atoms with Gasteiger partial charge in [0, 0.05) is 6.42 Å². The summed E-state index contributed by atoms with van der Waals surface area (Å²) >= 11 is 1.38. The standard InChI is InChI=1S/C14H12N2O2S/c17-11-8-9-19-13(11)14-15-12(16-18-14)7-6-10-4-2-1-3-5-10/h1-5,8-9,17H,6-7H2. The van der Waals surface area contributed by atoms with Gasteiger partial charge in [-0.1, -0.05) is 35.5 Å². The van der Waals surface area contributed by atoms with Gasteiger partial charge in [0.25, 0.3) is 5.89 Å². The van der Waals surface area contributed by atoms with E-state index in [0.717, 1.165) is 12.8 Å². The number of aromatic nitrogens is 2. The highest BCUT2D eigenvalue weighted by atomic mass is 32.1. The van der Waals surface area contributed by atoms with E-state index in [4.69, 9.17) is 4.52 Å². The van der Waals surface area contributed by atoms with E-state index < -0.39 is 0 Å². The molecule has 0 bridgehead atoms. The molecule has 0 aliphatic heterocycles. The topological polar surface area (TPSA) is 59.2 Å². The van der Waals surface area contributed by atoms with Gasteiger partial charge in [-0.15, -0.1) is 11.3 Å². The Hall–Kier alpha value is -2.14. The van der Waals surface area contributed by atoms with Crippen LogP contribution in [0.15, 0.2) is 46.3 Å². The van der Waals surface area contributed by atoms with Crippen molar-refractivity contribution < 1.29 is 9.63 Å². The fraction of sp³-hybridized carbons (Fsp3) is 0.143. The molecular formula is C14H12N2O2S. The molecule has 0 aliphatic rings. The lowest BCUT2D eigenvalue weighted by molar-refractivity contribution is 0.419. The van der Waals surface area contributed by atoms with E-state index >= 15 is 0 Å². The SMILES string of the molecule is Oc1ccsc1-c1nc(CCc2ccccc2)no1. The van der Waals surface area contributed by atoms with Crippen molar-refractivity contribution in [2.45, 2.75) is 12.8 Å². The summed E-state index contributed by atoms with van der Waals surface area (Å²) in [5, 5.41) is 15.3. The quantitative estimate of drug-likeness (QED) is 0.791. The van der Waals surface area contributed by atoms with Gasteiger partial charge in [-0.25, -0.2) is 0 Å². The molecule has 0 spiro atoms. The van der Waals surface area contributed by atoms with Crippen LogP contribution in [0.25, 0.3) is 10.8 Å². The molecule has 1 aromatic carbocycles. The Morgan fingerprint density at radius 3 is 2.68 bits per heavy atom. The van der Waals surface area contributed by atoms with Gasteiger partial charge in [-0.3, -0.25) is 0 Å². The minimum Gasteiger partial charge on any atom is -0.506 e. The molecule has 1 N–H and O–H groups in total. The smallest absolute Gasteiger partial charge is 0.271 e. The highest BCUT2D eigenvalue weighted by Gasteiger charge is 2.13. The van der Waals surface area contributed by atoms with Crippen LogP contribution in [0.5, 0.6) is 5.75 Å². The Morgan fingerprint density at radius 1 is 1.11 bits per heavy atom. The van der Waals surface area contributed by atoms with Crippen LogP contribution >= 0.6 is 11.3 Å². The first-order valence-electron chi connectivity index (χ1n) is 5.96. The first-order valence-corrected chi connectivity index (χ1v) is 6.84. The fourth-order valence-corrected chi connectivity index (χ4v) is 2.52. The lowest BCUT2D eigenvalue weighted by Crippen LogP contribution is -1.93. The Morgan fingerprint density at radius 2 is 1.95 bits per heavy atom. The second kappa shape index (κ2) is 5.24. The Bertz CT molecular complexity index is 661. The van der Waals surface area contributed by atoms with Crippen LogP contribution in [0.2, 0.25) is 0 Å². The summed E-state index contributed by atoms with van der Waals surface area (Å²) in [6.45, 7) is 0. The zero-order valence-corrected chi connectivity index (χ0v) is 10.9. The van der Waals surface area contributed by atoms with Gasteiger partial charge in [0.15, 0.2) is 5.82 Å². The van der Waals surface area contributed by atoms with Crippen LogP contribution in [0.3, 0.4) is 0 Å². The lowest BCUT2D eigenvalue weighted by Gasteiger charge is -1.96. The molecule has 0 amide bonds. The van der Waals surface area contributed by atoms with Crippen LogP contribution in [0.1, 0.15) is 11.4 Å². The number of rotatable bonds is 4. The summed E-state index contributed by atoms with van der Waals surface area (Å²) in [5.74, 6) is 1.23. The van der Waals surface area contributed by atoms with E-state index in [1.807, 2.05) is 18.2 Å². The molecule has 0 unspecified atom stereocenters. The molecule has 3 rings (SSSR count). The van der Waals surface area contributed by atoms with Gasteiger partial charge in [0.2, 0.25) is 0 Å². The van der Waals surface area contributed by atoms with E-state index in [0.29, 0.717) is 16.6 Å².